The number of benzene rings is 1. The lowest BCUT2D eigenvalue weighted by molar-refractivity contribution is 1.37. The molecule has 0 saturated carbocycles. The third-order valence-corrected chi connectivity index (χ3v) is 2.34. The number of nitrogens with zero attached hydrogens (tertiary/aromatic N) is 2. The lowest BCUT2D eigenvalue weighted by Gasteiger charge is -1.88. The summed E-state index contributed by atoms with van der Waals surface area (Å²) in [5.41, 5.74) is 3.16. The molecule has 0 fully saturated rings. The van der Waals surface area contributed by atoms with E-state index in [1.54, 1.807) is 6.20 Å². The van der Waals surface area contributed by atoms with Crippen molar-refractivity contribution in [2.45, 2.75) is 0 Å². The molecule has 14 heavy (non-hydrogen) atoms. The molecule has 0 radical (unpaired) electrons. The Labute approximate surface area is 81.6 Å². The van der Waals surface area contributed by atoms with E-state index in [9.17, 15) is 0 Å². The standard InChI is InChI=1S/C12H8N2/c1-2-5-11-9(4-1)10-8-13-7-3-6-12(10)14-11/h1-8H. The largest absolute Gasteiger partial charge is 0.264 e. The molecule has 2 nitrogen and oxygen atoms in total. The number of hydrogen-bond donors (Lipinski definition) is 0. The van der Waals surface area contributed by atoms with Crippen LogP contribution in [-0.4, -0.2) is 9.97 Å². The van der Waals surface area contributed by atoms with Crippen LogP contribution in [-0.2, 0) is 0 Å². The van der Waals surface area contributed by atoms with Crippen molar-refractivity contribution in [3.8, 4) is 11.3 Å². The molecule has 1 aromatic carbocycles. The second kappa shape index (κ2) is 2.77. The van der Waals surface area contributed by atoms with Crippen molar-refractivity contribution < 1.29 is 0 Å². The second-order valence-electron chi connectivity index (χ2n) is 3.21. The molecule has 2 heterocycles. The van der Waals surface area contributed by atoms with E-state index in [1.807, 2.05) is 36.5 Å². The van der Waals surface area contributed by atoms with Gasteiger partial charge in [-0.15, -0.1) is 0 Å². The Hall–Kier alpha value is -1.96. The van der Waals surface area contributed by atoms with Crippen LogP contribution in [0, 0.1) is 0 Å². The minimum Gasteiger partial charge on any atom is -0.264 e. The van der Waals surface area contributed by atoms with Gasteiger partial charge in [-0.1, -0.05) is 18.2 Å². The maximum Gasteiger partial charge on any atom is 0.0732 e. The lowest BCUT2D eigenvalue weighted by Crippen LogP contribution is -1.68. The molecule has 2 aliphatic heterocycles. The molecule has 3 rings (SSSR count). The Bertz CT molecular complexity index is 560. The molecule has 0 N–H and O–H groups in total. The summed E-state index contributed by atoms with van der Waals surface area (Å²) < 4.78 is 0. The molecule has 0 aromatic heterocycles. The van der Waals surface area contributed by atoms with Gasteiger partial charge in [-0.05, 0) is 18.2 Å². The van der Waals surface area contributed by atoms with Crippen molar-refractivity contribution in [2.75, 3.05) is 0 Å². The predicted molar refractivity (Wildman–Crippen MR) is 56.2 cm³/mol. The number of rotatable bonds is 0. The smallest absolute Gasteiger partial charge is 0.0732 e. The third kappa shape index (κ3) is 0.973. The van der Waals surface area contributed by atoms with Crippen LogP contribution in [0.4, 0.5) is 0 Å². The van der Waals surface area contributed by atoms with Crippen LogP contribution in [0.5, 0.6) is 0 Å². The second-order valence-corrected chi connectivity index (χ2v) is 3.21. The number of para-hydroxylation sites is 1. The number of hydrogen-bond acceptors (Lipinski definition) is 2. The summed E-state index contributed by atoms with van der Waals surface area (Å²) >= 11 is 0. The normalized spacial score (nSPS) is 10.9. The molecule has 2 aliphatic rings. The van der Waals surface area contributed by atoms with Gasteiger partial charge in [-0.25, -0.2) is 4.98 Å². The van der Waals surface area contributed by atoms with Gasteiger partial charge in [0.25, 0.3) is 0 Å². The van der Waals surface area contributed by atoms with Crippen LogP contribution in [0.15, 0.2) is 48.8 Å². The minimum atomic E-state index is 1.00. The predicted octanol–water partition coefficient (Wildman–Crippen LogP) is 2.73. The van der Waals surface area contributed by atoms with Gasteiger partial charge < -0.3 is 0 Å². The average molecular weight is 180 g/mol. The zero-order valence-electron chi connectivity index (χ0n) is 7.51. The maximum atomic E-state index is 4.52. The van der Waals surface area contributed by atoms with Gasteiger partial charge in [-0.3, -0.25) is 4.98 Å². The molecule has 0 bridgehead atoms. The van der Waals surface area contributed by atoms with E-state index in [1.165, 1.54) is 5.39 Å². The highest BCUT2D eigenvalue weighted by atomic mass is 14.7. The van der Waals surface area contributed by atoms with E-state index >= 15 is 0 Å². The fraction of sp³-hybridized carbons (Fsp3) is 0. The molecule has 0 saturated heterocycles. The average Bonchev–Trinajstić information content (AvgIpc) is 2.42. The zero-order valence-corrected chi connectivity index (χ0v) is 7.51. The Morgan fingerprint density at radius 3 is 2.86 bits per heavy atom. The van der Waals surface area contributed by atoms with Gasteiger partial charge >= 0.3 is 0 Å². The van der Waals surface area contributed by atoms with Gasteiger partial charge in [0.2, 0.25) is 0 Å². The summed E-state index contributed by atoms with van der Waals surface area (Å²) in [4.78, 5) is 8.67. The Morgan fingerprint density at radius 2 is 1.86 bits per heavy atom. The van der Waals surface area contributed by atoms with Crippen molar-refractivity contribution >= 4 is 10.9 Å². The molecule has 0 amide bonds. The summed E-state index contributed by atoms with van der Waals surface area (Å²) in [5.74, 6) is 0. The quantitative estimate of drug-likeness (QED) is 0.531. The first-order chi connectivity index (χ1) is 6.95. The topological polar surface area (TPSA) is 25.8 Å². The fourth-order valence-corrected chi connectivity index (χ4v) is 1.69. The highest BCUT2D eigenvalue weighted by Crippen LogP contribution is 2.28. The molecular weight excluding hydrogens is 172 g/mol. The highest BCUT2D eigenvalue weighted by molar-refractivity contribution is 5.96. The van der Waals surface area contributed by atoms with Gasteiger partial charge in [0.1, 0.15) is 0 Å². The molecule has 0 unspecified atom stereocenters. The van der Waals surface area contributed by atoms with Crippen molar-refractivity contribution in [1.29, 1.82) is 0 Å². The maximum absolute atomic E-state index is 4.52. The van der Waals surface area contributed by atoms with Gasteiger partial charge in [0.05, 0.1) is 11.2 Å². The van der Waals surface area contributed by atoms with Gasteiger partial charge in [0, 0.05) is 23.3 Å². The molecular formula is C12H8N2. The van der Waals surface area contributed by atoms with Crippen molar-refractivity contribution in [2.24, 2.45) is 0 Å². The van der Waals surface area contributed by atoms with Crippen molar-refractivity contribution in [3.05, 3.63) is 48.8 Å². The summed E-state index contributed by atoms with van der Waals surface area (Å²) in [7, 11) is 0. The molecule has 66 valence electrons. The van der Waals surface area contributed by atoms with E-state index in [0.29, 0.717) is 0 Å². The lowest BCUT2D eigenvalue weighted by atomic mass is 10.1. The monoisotopic (exact) mass is 180 g/mol. The van der Waals surface area contributed by atoms with Gasteiger partial charge in [-0.2, -0.15) is 0 Å². The molecule has 1 aromatic rings. The van der Waals surface area contributed by atoms with Crippen molar-refractivity contribution in [1.82, 2.24) is 9.97 Å². The molecule has 0 spiro atoms. The van der Waals surface area contributed by atoms with E-state index in [4.69, 9.17) is 0 Å². The first-order valence-electron chi connectivity index (χ1n) is 4.53. The fourth-order valence-electron chi connectivity index (χ4n) is 1.69. The van der Waals surface area contributed by atoms with E-state index in [2.05, 4.69) is 16.0 Å². The van der Waals surface area contributed by atoms with Crippen LogP contribution in [0.2, 0.25) is 0 Å². The Kier molecular flexibility index (Phi) is 1.47. The summed E-state index contributed by atoms with van der Waals surface area (Å²) in [6.07, 6.45) is 3.64. The zero-order chi connectivity index (χ0) is 9.38. The van der Waals surface area contributed by atoms with E-state index < -0.39 is 0 Å². The van der Waals surface area contributed by atoms with Crippen LogP contribution < -0.4 is 0 Å². The van der Waals surface area contributed by atoms with Crippen LogP contribution in [0.1, 0.15) is 0 Å². The first kappa shape index (κ1) is 7.44. The van der Waals surface area contributed by atoms with Crippen LogP contribution >= 0.6 is 0 Å². The van der Waals surface area contributed by atoms with E-state index in [-0.39, 0.29) is 0 Å². The molecule has 0 aliphatic carbocycles. The summed E-state index contributed by atoms with van der Waals surface area (Å²) in [6.45, 7) is 0. The van der Waals surface area contributed by atoms with E-state index in [0.717, 1.165) is 16.8 Å². The Morgan fingerprint density at radius 1 is 0.929 bits per heavy atom. The third-order valence-electron chi connectivity index (χ3n) is 2.34. The number of fused-ring (bicyclic) bond motifs is 3. The van der Waals surface area contributed by atoms with Gasteiger partial charge in [0.15, 0.2) is 0 Å². The SMILES string of the molecule is c1cncc2c3ccccc3nc-2c1. The molecule has 2 heteroatoms. The van der Waals surface area contributed by atoms with Crippen LogP contribution in [0.25, 0.3) is 22.2 Å². The highest BCUT2D eigenvalue weighted by Gasteiger charge is 2.08. The Balaban J connectivity index is 2.52. The van der Waals surface area contributed by atoms with Crippen molar-refractivity contribution in [3.63, 3.8) is 0 Å². The number of aromatic nitrogens is 2. The minimum absolute atomic E-state index is 1.00. The first-order valence-corrected chi connectivity index (χ1v) is 4.53. The summed E-state index contributed by atoms with van der Waals surface area (Å²) in [5, 5.41) is 1.17. The molecule has 0 atom stereocenters. The van der Waals surface area contributed by atoms with Crippen LogP contribution in [0.3, 0.4) is 0 Å². The summed E-state index contributed by atoms with van der Waals surface area (Å²) in [6, 6.07) is 12.0.